The van der Waals surface area contributed by atoms with Crippen LogP contribution in [0.25, 0.3) is 0 Å². The lowest BCUT2D eigenvalue weighted by Crippen LogP contribution is -2.01. The van der Waals surface area contributed by atoms with Crippen molar-refractivity contribution in [2.24, 2.45) is 0 Å². The van der Waals surface area contributed by atoms with Crippen LogP contribution in [0, 0.1) is 25.5 Å². The lowest BCUT2D eigenvalue weighted by molar-refractivity contribution is 0.582. The molecule has 3 heteroatoms. The van der Waals surface area contributed by atoms with Crippen molar-refractivity contribution in [3.63, 3.8) is 0 Å². The molecule has 0 nitrogen and oxygen atoms in total. The average Bonchev–Trinajstić information content (AvgIpc) is 2.36. The van der Waals surface area contributed by atoms with E-state index in [1.54, 1.807) is 0 Å². The lowest BCUT2D eigenvalue weighted by atomic mass is 9.98. The summed E-state index contributed by atoms with van der Waals surface area (Å²) in [6, 6.07) is 9.44. The minimum Gasteiger partial charge on any atom is -0.207 e. The number of rotatable bonds is 3. The van der Waals surface area contributed by atoms with Crippen LogP contribution in [0.5, 0.6) is 0 Å². The van der Waals surface area contributed by atoms with Crippen LogP contribution in [-0.4, -0.2) is 0 Å². The number of hydrogen-bond acceptors (Lipinski definition) is 0. The van der Waals surface area contributed by atoms with E-state index < -0.39 is 17.0 Å². The van der Waals surface area contributed by atoms with Gasteiger partial charge in [-0.15, -0.1) is 11.6 Å². The van der Waals surface area contributed by atoms with Gasteiger partial charge in [0, 0.05) is 5.56 Å². The fourth-order valence-corrected chi connectivity index (χ4v) is 2.41. The summed E-state index contributed by atoms with van der Waals surface area (Å²) in [6.45, 7) is 3.98. The monoisotopic (exact) mass is 280 g/mol. The van der Waals surface area contributed by atoms with E-state index in [1.165, 1.54) is 0 Å². The van der Waals surface area contributed by atoms with Crippen molar-refractivity contribution in [3.8, 4) is 0 Å². The van der Waals surface area contributed by atoms with Gasteiger partial charge in [0.25, 0.3) is 0 Å². The highest BCUT2D eigenvalue weighted by molar-refractivity contribution is 6.21. The van der Waals surface area contributed by atoms with Crippen LogP contribution in [0.3, 0.4) is 0 Å². The van der Waals surface area contributed by atoms with E-state index in [2.05, 4.69) is 0 Å². The maximum absolute atomic E-state index is 13.7. The van der Waals surface area contributed by atoms with E-state index in [0.29, 0.717) is 6.42 Å². The molecule has 0 aliphatic carbocycles. The van der Waals surface area contributed by atoms with Crippen molar-refractivity contribution in [2.45, 2.75) is 25.6 Å². The zero-order valence-corrected chi connectivity index (χ0v) is 11.6. The number of benzene rings is 2. The predicted octanol–water partition coefficient (Wildman–Crippen LogP) is 5.10. The van der Waals surface area contributed by atoms with E-state index >= 15 is 0 Å². The van der Waals surface area contributed by atoms with Gasteiger partial charge in [0.15, 0.2) is 0 Å². The molecule has 0 heterocycles. The molecule has 0 saturated heterocycles. The lowest BCUT2D eigenvalue weighted by Gasteiger charge is -2.13. The van der Waals surface area contributed by atoms with Gasteiger partial charge in [0.1, 0.15) is 11.6 Å². The zero-order chi connectivity index (χ0) is 14.0. The molecule has 2 aromatic rings. The highest BCUT2D eigenvalue weighted by atomic mass is 35.5. The van der Waals surface area contributed by atoms with E-state index in [-0.39, 0.29) is 5.56 Å². The summed E-state index contributed by atoms with van der Waals surface area (Å²) in [5, 5.41) is -0.573. The van der Waals surface area contributed by atoms with Gasteiger partial charge in [-0.25, -0.2) is 8.78 Å². The smallest absolute Gasteiger partial charge is 0.128 e. The molecule has 0 aliphatic heterocycles. The van der Waals surface area contributed by atoms with Crippen molar-refractivity contribution in [1.82, 2.24) is 0 Å². The van der Waals surface area contributed by atoms with Gasteiger partial charge in [0.05, 0.1) is 5.38 Å². The number of halogens is 3. The Morgan fingerprint density at radius 1 is 1.05 bits per heavy atom. The van der Waals surface area contributed by atoms with Gasteiger partial charge in [-0.2, -0.15) is 0 Å². The molecule has 0 saturated carbocycles. The molecule has 19 heavy (non-hydrogen) atoms. The molecular formula is C16H15ClF2. The second-order valence-corrected chi connectivity index (χ2v) is 5.29. The van der Waals surface area contributed by atoms with Crippen molar-refractivity contribution in [2.75, 3.05) is 0 Å². The van der Waals surface area contributed by atoms with Gasteiger partial charge in [-0.05, 0) is 49.6 Å². The molecule has 1 atom stereocenters. The number of hydrogen-bond donors (Lipinski definition) is 0. The summed E-state index contributed by atoms with van der Waals surface area (Å²) >= 11 is 6.24. The van der Waals surface area contributed by atoms with Crippen molar-refractivity contribution >= 4 is 11.6 Å². The highest BCUT2D eigenvalue weighted by Crippen LogP contribution is 2.29. The maximum Gasteiger partial charge on any atom is 0.128 e. The summed E-state index contributed by atoms with van der Waals surface area (Å²) in [5.74, 6) is -0.935. The molecule has 100 valence electrons. The third kappa shape index (κ3) is 3.32. The molecule has 0 amide bonds. The largest absolute Gasteiger partial charge is 0.207 e. The Kier molecular flexibility index (Phi) is 4.20. The third-order valence-electron chi connectivity index (χ3n) is 3.20. The van der Waals surface area contributed by atoms with Crippen LogP contribution in [0.4, 0.5) is 8.78 Å². The van der Waals surface area contributed by atoms with Crippen LogP contribution in [-0.2, 0) is 6.42 Å². The Hall–Kier alpha value is -1.41. The van der Waals surface area contributed by atoms with Gasteiger partial charge < -0.3 is 0 Å². The number of alkyl halides is 1. The molecule has 0 spiro atoms. The standard InChI is InChI=1S/C16H15ClF2/c1-10-3-4-11(2)12(7-10)8-15(17)14-9-13(18)5-6-16(14)19/h3-7,9,15H,8H2,1-2H3. The van der Waals surface area contributed by atoms with Gasteiger partial charge in [-0.1, -0.05) is 23.8 Å². The zero-order valence-electron chi connectivity index (χ0n) is 10.9. The predicted molar refractivity (Wildman–Crippen MR) is 74.6 cm³/mol. The molecule has 0 aliphatic rings. The highest BCUT2D eigenvalue weighted by Gasteiger charge is 2.15. The Labute approximate surface area is 117 Å². The van der Waals surface area contributed by atoms with Crippen LogP contribution in [0.15, 0.2) is 36.4 Å². The maximum atomic E-state index is 13.7. The minimum absolute atomic E-state index is 0.211. The van der Waals surface area contributed by atoms with Gasteiger partial charge >= 0.3 is 0 Å². The molecule has 2 rings (SSSR count). The second kappa shape index (κ2) is 5.70. The van der Waals surface area contributed by atoms with E-state index in [0.717, 1.165) is 34.9 Å². The Morgan fingerprint density at radius 3 is 2.53 bits per heavy atom. The molecule has 0 N–H and O–H groups in total. The summed E-state index contributed by atoms with van der Waals surface area (Å²) in [5.41, 5.74) is 3.50. The van der Waals surface area contributed by atoms with E-state index in [9.17, 15) is 8.78 Å². The van der Waals surface area contributed by atoms with E-state index in [1.807, 2.05) is 32.0 Å². The van der Waals surface area contributed by atoms with Crippen LogP contribution >= 0.6 is 11.6 Å². The van der Waals surface area contributed by atoms with E-state index in [4.69, 9.17) is 11.6 Å². The quantitative estimate of drug-likeness (QED) is 0.686. The molecule has 0 radical (unpaired) electrons. The van der Waals surface area contributed by atoms with Crippen molar-refractivity contribution < 1.29 is 8.78 Å². The van der Waals surface area contributed by atoms with Crippen LogP contribution in [0.1, 0.15) is 27.6 Å². The summed E-state index contributed by atoms with van der Waals surface area (Å²) in [7, 11) is 0. The first kappa shape index (κ1) is 14.0. The van der Waals surface area contributed by atoms with Gasteiger partial charge in [-0.3, -0.25) is 0 Å². The Balaban J connectivity index is 2.27. The SMILES string of the molecule is Cc1ccc(C)c(CC(Cl)c2cc(F)ccc2F)c1. The fraction of sp³-hybridized carbons (Fsp3) is 0.250. The normalized spacial score (nSPS) is 12.5. The first-order valence-corrected chi connectivity index (χ1v) is 6.56. The topological polar surface area (TPSA) is 0 Å². The average molecular weight is 281 g/mol. The molecule has 0 aromatic heterocycles. The Bertz CT molecular complexity index is 593. The summed E-state index contributed by atoms with van der Waals surface area (Å²) in [6.07, 6.45) is 0.482. The minimum atomic E-state index is -0.573. The molecule has 1 unspecified atom stereocenters. The third-order valence-corrected chi connectivity index (χ3v) is 3.59. The molecule has 0 fully saturated rings. The summed E-state index contributed by atoms with van der Waals surface area (Å²) in [4.78, 5) is 0. The fourth-order valence-electron chi connectivity index (χ4n) is 2.08. The first-order valence-electron chi connectivity index (χ1n) is 6.12. The van der Waals surface area contributed by atoms with Gasteiger partial charge in [0.2, 0.25) is 0 Å². The summed E-state index contributed by atoms with van der Waals surface area (Å²) < 4.78 is 26.8. The molecular weight excluding hydrogens is 266 g/mol. The van der Waals surface area contributed by atoms with Crippen molar-refractivity contribution in [3.05, 3.63) is 70.3 Å². The van der Waals surface area contributed by atoms with Crippen LogP contribution < -0.4 is 0 Å². The second-order valence-electron chi connectivity index (χ2n) is 4.77. The first-order chi connectivity index (χ1) is 8.97. The van der Waals surface area contributed by atoms with Crippen molar-refractivity contribution in [1.29, 1.82) is 0 Å². The Morgan fingerprint density at radius 2 is 1.79 bits per heavy atom. The van der Waals surface area contributed by atoms with Crippen LogP contribution in [0.2, 0.25) is 0 Å². The molecule has 2 aromatic carbocycles. The molecule has 0 bridgehead atoms. The number of aryl methyl sites for hydroxylation is 2.